The fourth-order valence-corrected chi connectivity index (χ4v) is 2.98. The predicted octanol–water partition coefficient (Wildman–Crippen LogP) is 1.64. The number of benzene rings is 1. The molecule has 1 aliphatic carbocycles. The van der Waals surface area contributed by atoms with E-state index in [1.54, 1.807) is 4.90 Å². The summed E-state index contributed by atoms with van der Waals surface area (Å²) in [6.07, 6.45) is 4.85. The Morgan fingerprint density at radius 3 is 2.68 bits per heavy atom. The zero-order valence-electron chi connectivity index (χ0n) is 11.3. The number of carbonyl (C=O) groups excluding carboxylic acids is 1. The molecule has 4 nitrogen and oxygen atoms in total. The first-order chi connectivity index (χ1) is 9.20. The minimum atomic E-state index is -0.427. The number of rotatable bonds is 2. The van der Waals surface area contributed by atoms with Crippen molar-refractivity contribution in [2.24, 2.45) is 5.73 Å². The molecule has 0 fully saturated rings. The third-order valence-corrected chi connectivity index (χ3v) is 4.09. The molecule has 0 radical (unpaired) electrons. The van der Waals surface area contributed by atoms with Gasteiger partial charge in [0.05, 0.1) is 5.69 Å². The Balaban J connectivity index is 1.99. The fraction of sp³-hybridized carbons (Fsp3) is 0.533. The summed E-state index contributed by atoms with van der Waals surface area (Å²) in [5, 5.41) is 0. The van der Waals surface area contributed by atoms with Crippen LogP contribution in [0.2, 0.25) is 0 Å². The van der Waals surface area contributed by atoms with Crippen molar-refractivity contribution in [2.45, 2.75) is 38.2 Å². The Bertz CT molecular complexity index is 513. The molecule has 4 heteroatoms. The maximum Gasteiger partial charge on any atom is 0.267 e. The van der Waals surface area contributed by atoms with Gasteiger partial charge in [0.25, 0.3) is 5.91 Å². The van der Waals surface area contributed by atoms with Crippen molar-refractivity contribution in [1.29, 1.82) is 0 Å². The Morgan fingerprint density at radius 2 is 2.00 bits per heavy atom. The van der Waals surface area contributed by atoms with Crippen LogP contribution in [0.4, 0.5) is 5.69 Å². The van der Waals surface area contributed by atoms with E-state index in [1.807, 2.05) is 7.05 Å². The van der Waals surface area contributed by atoms with Crippen molar-refractivity contribution >= 4 is 11.6 Å². The normalized spacial score (nSPS) is 21.7. The molecule has 0 saturated carbocycles. The van der Waals surface area contributed by atoms with E-state index in [2.05, 4.69) is 12.1 Å². The van der Waals surface area contributed by atoms with Crippen LogP contribution in [0.25, 0.3) is 0 Å². The van der Waals surface area contributed by atoms with Gasteiger partial charge in [-0.3, -0.25) is 4.79 Å². The molecular weight excluding hydrogens is 240 g/mol. The highest BCUT2D eigenvalue weighted by molar-refractivity contribution is 5.99. The summed E-state index contributed by atoms with van der Waals surface area (Å²) in [5.41, 5.74) is 9.19. The van der Waals surface area contributed by atoms with E-state index < -0.39 is 6.10 Å². The van der Waals surface area contributed by atoms with Crippen LogP contribution < -0.4 is 15.4 Å². The number of hydrogen-bond acceptors (Lipinski definition) is 3. The molecule has 102 valence electrons. The van der Waals surface area contributed by atoms with Crippen molar-refractivity contribution in [2.75, 3.05) is 18.5 Å². The summed E-state index contributed by atoms with van der Waals surface area (Å²) in [7, 11) is 1.82. The second kappa shape index (κ2) is 4.85. The average Bonchev–Trinajstić information content (AvgIpc) is 2.43. The van der Waals surface area contributed by atoms with Gasteiger partial charge in [0.15, 0.2) is 6.10 Å². The highest BCUT2D eigenvalue weighted by atomic mass is 16.5. The average molecular weight is 260 g/mol. The zero-order valence-corrected chi connectivity index (χ0v) is 11.3. The molecule has 0 bridgehead atoms. The highest BCUT2D eigenvalue weighted by Crippen LogP contribution is 2.38. The number of nitrogens with two attached hydrogens (primary N) is 1. The smallest absolute Gasteiger partial charge is 0.267 e. The molecule has 1 aromatic carbocycles. The lowest BCUT2D eigenvalue weighted by Gasteiger charge is -2.33. The zero-order chi connectivity index (χ0) is 13.4. The summed E-state index contributed by atoms with van der Waals surface area (Å²) >= 11 is 0. The fourth-order valence-electron chi connectivity index (χ4n) is 2.98. The minimum Gasteiger partial charge on any atom is -0.478 e. The largest absolute Gasteiger partial charge is 0.478 e. The van der Waals surface area contributed by atoms with Crippen LogP contribution in [0.3, 0.4) is 0 Å². The number of amides is 1. The number of hydrogen-bond donors (Lipinski definition) is 1. The Hall–Kier alpha value is -1.55. The van der Waals surface area contributed by atoms with Crippen molar-refractivity contribution in [1.82, 2.24) is 0 Å². The van der Waals surface area contributed by atoms with Gasteiger partial charge in [-0.25, -0.2) is 0 Å². The molecule has 0 aromatic heterocycles. The lowest BCUT2D eigenvalue weighted by Crippen LogP contribution is -2.44. The molecular formula is C15H20N2O2. The third-order valence-electron chi connectivity index (χ3n) is 4.09. The summed E-state index contributed by atoms with van der Waals surface area (Å²) < 4.78 is 5.85. The quantitative estimate of drug-likeness (QED) is 0.879. The topological polar surface area (TPSA) is 55.6 Å². The number of aryl methyl sites for hydroxylation is 2. The van der Waals surface area contributed by atoms with Gasteiger partial charge in [-0.1, -0.05) is 0 Å². The van der Waals surface area contributed by atoms with Gasteiger partial charge in [-0.15, -0.1) is 0 Å². The van der Waals surface area contributed by atoms with E-state index in [1.165, 1.54) is 24.0 Å². The molecule has 3 rings (SSSR count). The predicted molar refractivity (Wildman–Crippen MR) is 74.6 cm³/mol. The standard InChI is InChI=1S/C15H20N2O2/c1-17-12-8-10-4-2-3-5-11(10)9-14(12)19-13(6-7-16)15(17)18/h8-9,13H,2-7,16H2,1H3. The van der Waals surface area contributed by atoms with Crippen LogP contribution in [-0.4, -0.2) is 25.6 Å². The Labute approximate surface area is 113 Å². The highest BCUT2D eigenvalue weighted by Gasteiger charge is 2.32. The number of nitrogens with zero attached hydrogens (tertiary/aromatic N) is 1. The second-order valence-electron chi connectivity index (χ2n) is 5.38. The second-order valence-corrected chi connectivity index (χ2v) is 5.38. The van der Waals surface area contributed by atoms with E-state index >= 15 is 0 Å². The maximum absolute atomic E-state index is 12.2. The Kier molecular flexibility index (Phi) is 3.19. The third kappa shape index (κ3) is 2.10. The molecule has 0 saturated heterocycles. The van der Waals surface area contributed by atoms with Crippen LogP contribution in [0.15, 0.2) is 12.1 Å². The van der Waals surface area contributed by atoms with Gasteiger partial charge < -0.3 is 15.4 Å². The van der Waals surface area contributed by atoms with Crippen LogP contribution in [0.1, 0.15) is 30.4 Å². The van der Waals surface area contributed by atoms with E-state index in [0.717, 1.165) is 24.3 Å². The van der Waals surface area contributed by atoms with Crippen molar-refractivity contribution in [3.05, 3.63) is 23.3 Å². The summed E-state index contributed by atoms with van der Waals surface area (Å²) in [6, 6.07) is 4.25. The van der Waals surface area contributed by atoms with Crippen LogP contribution in [-0.2, 0) is 17.6 Å². The van der Waals surface area contributed by atoms with Crippen LogP contribution in [0.5, 0.6) is 5.75 Å². The molecule has 2 aliphatic rings. The first-order valence-electron chi connectivity index (χ1n) is 7.01. The summed E-state index contributed by atoms with van der Waals surface area (Å²) in [6.45, 7) is 0.463. The van der Waals surface area contributed by atoms with E-state index in [4.69, 9.17) is 10.5 Å². The minimum absolute atomic E-state index is 0.00806. The molecule has 1 unspecified atom stereocenters. The number of fused-ring (bicyclic) bond motifs is 2. The van der Waals surface area contributed by atoms with Crippen LogP contribution >= 0.6 is 0 Å². The molecule has 1 heterocycles. The number of carbonyl (C=O) groups is 1. The molecule has 1 aliphatic heterocycles. The van der Waals surface area contributed by atoms with Gasteiger partial charge in [0.2, 0.25) is 0 Å². The molecule has 0 spiro atoms. The monoisotopic (exact) mass is 260 g/mol. The molecule has 19 heavy (non-hydrogen) atoms. The van der Waals surface area contributed by atoms with Gasteiger partial charge >= 0.3 is 0 Å². The van der Waals surface area contributed by atoms with Gasteiger partial charge in [0.1, 0.15) is 5.75 Å². The van der Waals surface area contributed by atoms with Crippen molar-refractivity contribution < 1.29 is 9.53 Å². The van der Waals surface area contributed by atoms with E-state index in [-0.39, 0.29) is 5.91 Å². The number of anilines is 1. The lowest BCUT2D eigenvalue weighted by atomic mass is 9.90. The first kappa shape index (κ1) is 12.5. The van der Waals surface area contributed by atoms with Gasteiger partial charge in [-0.05, 0) is 55.5 Å². The van der Waals surface area contributed by atoms with Gasteiger partial charge in [0, 0.05) is 13.5 Å². The molecule has 1 atom stereocenters. The maximum atomic E-state index is 12.2. The number of ether oxygens (including phenoxy) is 1. The Morgan fingerprint density at radius 1 is 1.32 bits per heavy atom. The van der Waals surface area contributed by atoms with E-state index in [0.29, 0.717) is 13.0 Å². The first-order valence-corrected chi connectivity index (χ1v) is 7.01. The summed E-state index contributed by atoms with van der Waals surface area (Å²) in [4.78, 5) is 13.9. The van der Waals surface area contributed by atoms with Crippen molar-refractivity contribution in [3.63, 3.8) is 0 Å². The van der Waals surface area contributed by atoms with Crippen molar-refractivity contribution in [3.8, 4) is 5.75 Å². The van der Waals surface area contributed by atoms with Gasteiger partial charge in [-0.2, -0.15) is 0 Å². The SMILES string of the molecule is CN1C(=O)C(CCN)Oc2cc3c(cc21)CCCC3. The molecule has 1 aromatic rings. The van der Waals surface area contributed by atoms with E-state index in [9.17, 15) is 4.79 Å². The summed E-state index contributed by atoms with van der Waals surface area (Å²) in [5.74, 6) is 0.843. The molecule has 1 amide bonds. The lowest BCUT2D eigenvalue weighted by molar-refractivity contribution is -0.126. The van der Waals surface area contributed by atoms with Crippen LogP contribution in [0, 0.1) is 0 Å². The number of likely N-dealkylation sites (N-methyl/N-ethyl adjacent to an activating group) is 1. The molecule has 2 N–H and O–H groups in total.